The van der Waals surface area contributed by atoms with Crippen molar-refractivity contribution in [3.05, 3.63) is 0 Å². The first kappa shape index (κ1) is 22.9. The molecule has 29 heavy (non-hydrogen) atoms. The van der Waals surface area contributed by atoms with Gasteiger partial charge in [-0.3, -0.25) is 4.79 Å². The van der Waals surface area contributed by atoms with Crippen molar-refractivity contribution in [3.63, 3.8) is 0 Å². The number of hydrogen-bond donors (Lipinski definition) is 5. The van der Waals surface area contributed by atoms with E-state index in [2.05, 4.69) is 5.32 Å². The van der Waals surface area contributed by atoms with E-state index in [9.17, 15) is 18.3 Å². The molecular weight excluding hydrogens is 403 g/mol. The maximum absolute atomic E-state index is 13.6. The van der Waals surface area contributed by atoms with Gasteiger partial charge < -0.3 is 30.9 Å². The summed E-state index contributed by atoms with van der Waals surface area (Å²) in [5.74, 6) is -1.85. The van der Waals surface area contributed by atoms with E-state index >= 15 is 0 Å². The van der Waals surface area contributed by atoms with Crippen LogP contribution in [0.3, 0.4) is 0 Å². The number of aliphatic carboxylic acids is 1. The lowest BCUT2D eigenvalue weighted by Gasteiger charge is -2.44. The fourth-order valence-corrected chi connectivity index (χ4v) is 6.53. The summed E-state index contributed by atoms with van der Waals surface area (Å²) in [6.07, 6.45) is 1.94. The summed E-state index contributed by atoms with van der Waals surface area (Å²) < 4.78 is 35.2. The van der Waals surface area contributed by atoms with E-state index in [4.69, 9.17) is 20.5 Å². The highest BCUT2D eigenvalue weighted by molar-refractivity contribution is 7.86. The highest BCUT2D eigenvalue weighted by Crippen LogP contribution is 2.35. The molecule has 0 aliphatic carbocycles. The predicted octanol–water partition coefficient (Wildman–Crippen LogP) is -2.35. The number of nitrogens with zero attached hydrogens (tertiary/aromatic N) is 2. The molecule has 0 amide bonds. The molecule has 3 aliphatic rings. The fraction of sp³-hybridized carbons (Fsp3) is 0.938. The second-order valence-electron chi connectivity index (χ2n) is 8.24. The highest BCUT2D eigenvalue weighted by Gasteiger charge is 2.54. The summed E-state index contributed by atoms with van der Waals surface area (Å²) >= 11 is 0. The van der Waals surface area contributed by atoms with Crippen LogP contribution in [0.2, 0.25) is 6.32 Å². The van der Waals surface area contributed by atoms with Crippen LogP contribution in [0.4, 0.5) is 0 Å². The topological polar surface area (TPSA) is 166 Å². The largest absolute Gasteiger partial charge is 0.480 e. The molecule has 3 fully saturated rings. The van der Waals surface area contributed by atoms with Crippen LogP contribution in [0.1, 0.15) is 25.7 Å². The van der Waals surface area contributed by atoms with Gasteiger partial charge in [0.05, 0.1) is 6.04 Å². The molecule has 2 atom stereocenters. The van der Waals surface area contributed by atoms with Crippen LogP contribution < -0.4 is 11.1 Å². The molecular formula is C16H31BN4O7S. The van der Waals surface area contributed by atoms with Crippen LogP contribution in [0, 0.1) is 5.92 Å². The van der Waals surface area contributed by atoms with Gasteiger partial charge in [-0.1, -0.05) is 6.42 Å². The smallest absolute Gasteiger partial charge is 0.451 e. The van der Waals surface area contributed by atoms with E-state index in [1.807, 2.05) is 0 Å². The minimum absolute atomic E-state index is 0.00647. The van der Waals surface area contributed by atoms with Crippen molar-refractivity contribution in [2.45, 2.75) is 49.6 Å². The average molecular weight is 434 g/mol. The number of rotatable bonds is 9. The monoisotopic (exact) mass is 434 g/mol. The van der Waals surface area contributed by atoms with Crippen molar-refractivity contribution in [2.24, 2.45) is 11.7 Å². The molecule has 0 aromatic rings. The number of ether oxygens (including phenoxy) is 1. The van der Waals surface area contributed by atoms with Crippen LogP contribution in [-0.4, -0.2) is 102 Å². The normalized spacial score (nSPS) is 29.9. The Bertz CT molecular complexity index is 687. The van der Waals surface area contributed by atoms with Gasteiger partial charge in [0.1, 0.15) is 5.54 Å². The van der Waals surface area contributed by atoms with E-state index in [-0.39, 0.29) is 31.5 Å². The molecule has 13 heteroatoms. The van der Waals surface area contributed by atoms with Gasteiger partial charge in [-0.25, -0.2) is 0 Å². The van der Waals surface area contributed by atoms with Crippen molar-refractivity contribution in [3.8, 4) is 0 Å². The van der Waals surface area contributed by atoms with Gasteiger partial charge in [0.15, 0.2) is 0 Å². The van der Waals surface area contributed by atoms with Crippen molar-refractivity contribution in [1.82, 2.24) is 13.9 Å². The molecule has 11 nitrogen and oxygen atoms in total. The van der Waals surface area contributed by atoms with Crippen LogP contribution in [0.15, 0.2) is 0 Å². The summed E-state index contributed by atoms with van der Waals surface area (Å²) in [7, 11) is -5.39. The Hall–Kier alpha value is -0.795. The maximum Gasteiger partial charge on any atom is 0.451 e. The molecule has 0 aromatic carbocycles. The zero-order valence-corrected chi connectivity index (χ0v) is 17.3. The van der Waals surface area contributed by atoms with Gasteiger partial charge in [0.25, 0.3) is 10.2 Å². The molecule has 0 aromatic heterocycles. The van der Waals surface area contributed by atoms with Crippen LogP contribution in [-0.2, 0) is 19.7 Å². The Kier molecular flexibility index (Phi) is 7.21. The molecule has 3 saturated heterocycles. The van der Waals surface area contributed by atoms with Crippen LogP contribution in [0.25, 0.3) is 0 Å². The zero-order chi connectivity index (χ0) is 21.2. The van der Waals surface area contributed by atoms with Gasteiger partial charge in [-0.2, -0.15) is 17.0 Å². The third-order valence-corrected chi connectivity index (χ3v) is 8.33. The quantitative estimate of drug-likeness (QED) is 0.250. The Labute approximate surface area is 171 Å². The van der Waals surface area contributed by atoms with Gasteiger partial charge >= 0.3 is 13.1 Å². The first-order chi connectivity index (χ1) is 13.7. The Balaban J connectivity index is 1.79. The number of nitrogens with two attached hydrogens (primary N) is 1. The summed E-state index contributed by atoms with van der Waals surface area (Å²) in [6.45, 7) is 1.84. The van der Waals surface area contributed by atoms with Gasteiger partial charge in [-0.05, 0) is 25.6 Å². The highest BCUT2D eigenvalue weighted by atomic mass is 32.2. The lowest BCUT2D eigenvalue weighted by Crippen LogP contribution is -2.64. The molecule has 6 N–H and O–H groups in total. The fourth-order valence-electron chi connectivity index (χ4n) is 4.41. The van der Waals surface area contributed by atoms with Crippen molar-refractivity contribution >= 4 is 23.3 Å². The summed E-state index contributed by atoms with van der Waals surface area (Å²) in [5, 5.41) is 30.9. The molecule has 3 aliphatic heterocycles. The molecule has 0 bridgehead atoms. The number of carboxylic acids is 1. The SMILES string of the molecule is N[C@@]1(C(=O)O)CN(S(=O)(=O)N(C2CCOCC2)C2CNC2)C[C@@H]1CCCB(O)O. The number of nitrogens with one attached hydrogen (secondary N) is 1. The van der Waals surface area contributed by atoms with E-state index < -0.39 is 34.8 Å². The molecule has 0 radical (unpaired) electrons. The first-order valence-electron chi connectivity index (χ1n) is 10.1. The number of carboxylic acid groups (broad SMARTS) is 1. The average Bonchev–Trinajstić information content (AvgIpc) is 2.97. The standard InChI is InChI=1S/C16H31BN4O7S/c18-16(15(22)23)11-20(10-12(16)2-1-5-17(24)25)29(26,27)21(14-8-19-9-14)13-3-6-28-7-4-13/h12-14,19,24-25H,1-11,18H2,(H,22,23)/t12-,16-/m0/s1. The van der Waals surface area contributed by atoms with Crippen molar-refractivity contribution in [1.29, 1.82) is 0 Å². The lowest BCUT2D eigenvalue weighted by molar-refractivity contribution is -0.144. The number of carbonyl (C=O) groups is 1. The number of hydrogen-bond acceptors (Lipinski definition) is 8. The van der Waals surface area contributed by atoms with Crippen molar-refractivity contribution < 1.29 is 33.1 Å². The van der Waals surface area contributed by atoms with Crippen molar-refractivity contribution in [2.75, 3.05) is 39.4 Å². The van der Waals surface area contributed by atoms with Gasteiger partial charge in [0.2, 0.25) is 0 Å². The minimum atomic E-state index is -3.91. The summed E-state index contributed by atoms with van der Waals surface area (Å²) in [4.78, 5) is 11.9. The minimum Gasteiger partial charge on any atom is -0.480 e. The van der Waals surface area contributed by atoms with Gasteiger partial charge in [-0.15, -0.1) is 0 Å². The van der Waals surface area contributed by atoms with E-state index in [1.54, 1.807) is 0 Å². The maximum atomic E-state index is 13.6. The Morgan fingerprint density at radius 2 is 1.93 bits per heavy atom. The molecule has 0 spiro atoms. The summed E-state index contributed by atoms with van der Waals surface area (Å²) in [5.41, 5.74) is 4.47. The second-order valence-corrected chi connectivity index (χ2v) is 10.1. The third kappa shape index (κ3) is 4.77. The Morgan fingerprint density at radius 1 is 1.28 bits per heavy atom. The molecule has 0 saturated carbocycles. The predicted molar refractivity (Wildman–Crippen MR) is 105 cm³/mol. The van der Waals surface area contributed by atoms with Crippen LogP contribution in [0.5, 0.6) is 0 Å². The van der Waals surface area contributed by atoms with E-state index in [0.717, 1.165) is 0 Å². The molecule has 3 heterocycles. The second kappa shape index (κ2) is 9.14. The first-order valence-corrected chi connectivity index (χ1v) is 11.5. The molecule has 166 valence electrons. The zero-order valence-electron chi connectivity index (χ0n) is 16.4. The summed E-state index contributed by atoms with van der Waals surface area (Å²) in [6, 6.07) is -0.342. The molecule has 0 unspecified atom stereocenters. The van der Waals surface area contributed by atoms with Gasteiger partial charge in [0, 0.05) is 51.4 Å². The molecule has 3 rings (SSSR count). The lowest BCUT2D eigenvalue weighted by atomic mass is 9.78. The van der Waals surface area contributed by atoms with E-state index in [0.29, 0.717) is 52.0 Å². The van der Waals surface area contributed by atoms with E-state index in [1.165, 1.54) is 8.61 Å². The Morgan fingerprint density at radius 3 is 2.45 bits per heavy atom. The third-order valence-electron chi connectivity index (χ3n) is 6.27. The van der Waals surface area contributed by atoms with Crippen LogP contribution >= 0.6 is 0 Å².